The van der Waals surface area contributed by atoms with Crippen LogP contribution < -0.4 is 0 Å². The number of rotatable bonds is 6. The molecule has 2 heterocycles. The van der Waals surface area contributed by atoms with Gasteiger partial charge in [0.15, 0.2) is 0 Å². The van der Waals surface area contributed by atoms with Crippen LogP contribution in [0.3, 0.4) is 0 Å². The van der Waals surface area contributed by atoms with Gasteiger partial charge in [0.05, 0.1) is 28.8 Å². The van der Waals surface area contributed by atoms with Crippen LogP contribution in [0.15, 0.2) is 22.8 Å². The Morgan fingerprint density at radius 1 is 1.53 bits per heavy atom. The molecular weight excluding hydrogens is 264 g/mol. The van der Waals surface area contributed by atoms with Crippen molar-refractivity contribution in [3.8, 4) is 0 Å². The SMILES string of the molecule is CCn1nc(C)c(Cl)c1CC(O)CCc1ccco1. The average molecular weight is 283 g/mol. The third-order valence-corrected chi connectivity index (χ3v) is 3.68. The highest BCUT2D eigenvalue weighted by Crippen LogP contribution is 2.22. The molecule has 0 spiro atoms. The van der Waals surface area contributed by atoms with Gasteiger partial charge >= 0.3 is 0 Å². The summed E-state index contributed by atoms with van der Waals surface area (Å²) in [5, 5.41) is 15.1. The Labute approximate surface area is 118 Å². The first-order valence-electron chi connectivity index (χ1n) is 6.54. The van der Waals surface area contributed by atoms with Crippen molar-refractivity contribution >= 4 is 11.6 Å². The molecule has 0 radical (unpaired) electrons. The minimum Gasteiger partial charge on any atom is -0.469 e. The van der Waals surface area contributed by atoms with Crippen molar-refractivity contribution in [1.82, 2.24) is 9.78 Å². The van der Waals surface area contributed by atoms with E-state index in [2.05, 4.69) is 5.10 Å². The lowest BCUT2D eigenvalue weighted by molar-refractivity contribution is 0.160. The molecule has 2 aromatic rings. The van der Waals surface area contributed by atoms with Crippen LogP contribution in [0.2, 0.25) is 5.02 Å². The van der Waals surface area contributed by atoms with E-state index in [-0.39, 0.29) is 0 Å². The summed E-state index contributed by atoms with van der Waals surface area (Å²) in [4.78, 5) is 0. The van der Waals surface area contributed by atoms with Crippen molar-refractivity contribution < 1.29 is 9.52 Å². The maximum Gasteiger partial charge on any atom is 0.103 e. The lowest BCUT2D eigenvalue weighted by Crippen LogP contribution is -2.15. The molecule has 1 atom stereocenters. The number of halogens is 1. The van der Waals surface area contributed by atoms with Crippen LogP contribution in [0, 0.1) is 6.92 Å². The van der Waals surface area contributed by atoms with Gasteiger partial charge < -0.3 is 9.52 Å². The molecule has 0 aliphatic heterocycles. The van der Waals surface area contributed by atoms with E-state index in [4.69, 9.17) is 16.0 Å². The number of hydrogen-bond acceptors (Lipinski definition) is 3. The summed E-state index contributed by atoms with van der Waals surface area (Å²) in [7, 11) is 0. The summed E-state index contributed by atoms with van der Waals surface area (Å²) >= 11 is 6.22. The molecule has 0 fully saturated rings. The summed E-state index contributed by atoms with van der Waals surface area (Å²) < 4.78 is 7.11. The second kappa shape index (κ2) is 6.26. The normalized spacial score (nSPS) is 12.8. The topological polar surface area (TPSA) is 51.2 Å². The molecule has 2 aromatic heterocycles. The van der Waals surface area contributed by atoms with Crippen molar-refractivity contribution in [3.63, 3.8) is 0 Å². The van der Waals surface area contributed by atoms with Crippen LogP contribution in [0.5, 0.6) is 0 Å². The Hall–Kier alpha value is -1.26. The monoisotopic (exact) mass is 282 g/mol. The van der Waals surface area contributed by atoms with Crippen molar-refractivity contribution in [2.24, 2.45) is 0 Å². The Kier molecular flexibility index (Phi) is 4.66. The first-order chi connectivity index (χ1) is 9.11. The predicted octanol–water partition coefficient (Wildman–Crippen LogP) is 2.99. The number of aliphatic hydroxyl groups is 1. The van der Waals surface area contributed by atoms with E-state index in [0.717, 1.165) is 30.1 Å². The highest BCUT2D eigenvalue weighted by Gasteiger charge is 2.16. The van der Waals surface area contributed by atoms with Crippen molar-refractivity contribution in [2.75, 3.05) is 0 Å². The molecule has 0 saturated heterocycles. The van der Waals surface area contributed by atoms with Gasteiger partial charge in [-0.2, -0.15) is 5.10 Å². The number of aromatic nitrogens is 2. The lowest BCUT2D eigenvalue weighted by Gasteiger charge is -2.11. The molecule has 0 bridgehead atoms. The molecular formula is C14H19ClN2O2. The highest BCUT2D eigenvalue weighted by molar-refractivity contribution is 6.31. The molecule has 5 heteroatoms. The Balaban J connectivity index is 1.96. The Morgan fingerprint density at radius 3 is 2.95 bits per heavy atom. The van der Waals surface area contributed by atoms with Gasteiger partial charge in [0.2, 0.25) is 0 Å². The zero-order valence-corrected chi connectivity index (χ0v) is 12.0. The van der Waals surface area contributed by atoms with Gasteiger partial charge in [-0.15, -0.1) is 0 Å². The largest absolute Gasteiger partial charge is 0.469 e. The minimum absolute atomic E-state index is 0.441. The van der Waals surface area contributed by atoms with E-state index >= 15 is 0 Å². The zero-order valence-electron chi connectivity index (χ0n) is 11.3. The third kappa shape index (κ3) is 3.39. The second-order valence-corrected chi connectivity index (χ2v) is 5.02. The average Bonchev–Trinajstić information content (AvgIpc) is 3.00. The molecule has 0 aliphatic carbocycles. The lowest BCUT2D eigenvalue weighted by atomic mass is 10.1. The summed E-state index contributed by atoms with van der Waals surface area (Å²) in [6.45, 7) is 4.66. The first-order valence-corrected chi connectivity index (χ1v) is 6.91. The molecule has 19 heavy (non-hydrogen) atoms. The van der Waals surface area contributed by atoms with E-state index in [9.17, 15) is 5.11 Å². The van der Waals surface area contributed by atoms with Crippen molar-refractivity contribution in [1.29, 1.82) is 0 Å². The maximum atomic E-state index is 10.1. The highest BCUT2D eigenvalue weighted by atomic mass is 35.5. The van der Waals surface area contributed by atoms with E-state index in [1.807, 2.05) is 30.7 Å². The molecule has 0 amide bonds. The fraction of sp³-hybridized carbons (Fsp3) is 0.500. The van der Waals surface area contributed by atoms with Crippen LogP contribution in [-0.4, -0.2) is 21.0 Å². The Morgan fingerprint density at radius 2 is 2.32 bits per heavy atom. The fourth-order valence-corrected chi connectivity index (χ4v) is 2.37. The minimum atomic E-state index is -0.441. The number of nitrogens with zero attached hydrogens (tertiary/aromatic N) is 2. The molecule has 104 valence electrons. The van der Waals surface area contributed by atoms with E-state index in [0.29, 0.717) is 17.9 Å². The number of aliphatic hydroxyl groups excluding tert-OH is 1. The van der Waals surface area contributed by atoms with Crippen molar-refractivity contribution in [3.05, 3.63) is 40.6 Å². The maximum absolute atomic E-state index is 10.1. The molecule has 0 aliphatic rings. The third-order valence-electron chi connectivity index (χ3n) is 3.19. The summed E-state index contributed by atoms with van der Waals surface area (Å²) in [5.41, 5.74) is 1.73. The van der Waals surface area contributed by atoms with Gasteiger partial charge in [0, 0.05) is 19.4 Å². The summed E-state index contributed by atoms with van der Waals surface area (Å²) in [6.07, 6.45) is 3.11. The van der Waals surface area contributed by atoms with E-state index in [1.54, 1.807) is 6.26 Å². The number of aryl methyl sites for hydroxylation is 3. The first kappa shape index (κ1) is 14.2. The molecule has 4 nitrogen and oxygen atoms in total. The number of hydrogen-bond donors (Lipinski definition) is 1. The second-order valence-electron chi connectivity index (χ2n) is 4.64. The van der Waals surface area contributed by atoms with Crippen LogP contribution >= 0.6 is 11.6 Å². The van der Waals surface area contributed by atoms with Crippen LogP contribution in [0.4, 0.5) is 0 Å². The Bertz CT molecular complexity index is 520. The van der Waals surface area contributed by atoms with Gasteiger partial charge in [-0.05, 0) is 32.4 Å². The van der Waals surface area contributed by atoms with Crippen LogP contribution in [-0.2, 0) is 19.4 Å². The van der Waals surface area contributed by atoms with Gasteiger partial charge in [-0.3, -0.25) is 4.68 Å². The number of furan rings is 1. The molecule has 0 saturated carbocycles. The molecule has 0 aromatic carbocycles. The van der Waals surface area contributed by atoms with Gasteiger partial charge in [-0.25, -0.2) is 0 Å². The van der Waals surface area contributed by atoms with Crippen LogP contribution in [0.25, 0.3) is 0 Å². The van der Waals surface area contributed by atoms with Gasteiger partial charge in [0.1, 0.15) is 5.76 Å². The smallest absolute Gasteiger partial charge is 0.103 e. The van der Waals surface area contributed by atoms with Gasteiger partial charge in [0.25, 0.3) is 0 Å². The molecule has 1 unspecified atom stereocenters. The summed E-state index contributed by atoms with van der Waals surface area (Å²) in [6, 6.07) is 3.77. The van der Waals surface area contributed by atoms with Crippen LogP contribution in [0.1, 0.15) is 30.5 Å². The van der Waals surface area contributed by atoms with E-state index < -0.39 is 6.10 Å². The van der Waals surface area contributed by atoms with Gasteiger partial charge in [-0.1, -0.05) is 11.6 Å². The van der Waals surface area contributed by atoms with E-state index in [1.165, 1.54) is 0 Å². The quantitative estimate of drug-likeness (QED) is 0.886. The predicted molar refractivity (Wildman–Crippen MR) is 74.4 cm³/mol. The molecule has 1 N–H and O–H groups in total. The van der Waals surface area contributed by atoms with Crippen molar-refractivity contribution in [2.45, 2.75) is 45.8 Å². The molecule has 2 rings (SSSR count). The zero-order chi connectivity index (χ0) is 13.8. The fourth-order valence-electron chi connectivity index (χ4n) is 2.15. The standard InChI is InChI=1S/C14H19ClN2O2/c1-3-17-13(14(15)10(2)16-17)9-11(18)6-7-12-5-4-8-19-12/h4-5,8,11,18H,3,6-7,9H2,1-2H3. The summed E-state index contributed by atoms with van der Waals surface area (Å²) in [5.74, 6) is 0.894.